The predicted octanol–water partition coefficient (Wildman–Crippen LogP) is 3.12. The van der Waals surface area contributed by atoms with Crippen molar-refractivity contribution < 1.29 is 4.74 Å². The molecule has 2 rings (SSSR count). The number of para-hydroxylation sites is 1. The van der Waals surface area contributed by atoms with Crippen LogP contribution in [0.2, 0.25) is 0 Å². The molecule has 0 amide bonds. The molecule has 1 aromatic rings. The molecule has 1 fully saturated rings. The Morgan fingerprint density at radius 2 is 2.16 bits per heavy atom. The minimum atomic E-state index is 0.673. The van der Waals surface area contributed by atoms with E-state index in [2.05, 4.69) is 41.5 Å². The number of methoxy groups -OCH3 is 1. The van der Waals surface area contributed by atoms with Gasteiger partial charge in [0.05, 0.1) is 6.61 Å². The van der Waals surface area contributed by atoms with Crippen LogP contribution >= 0.6 is 0 Å². The van der Waals surface area contributed by atoms with Gasteiger partial charge >= 0.3 is 0 Å². The van der Waals surface area contributed by atoms with E-state index in [1.54, 1.807) is 7.11 Å². The zero-order valence-electron chi connectivity index (χ0n) is 12.2. The molecule has 1 N–H and O–H groups in total. The maximum atomic E-state index is 5.23. The van der Waals surface area contributed by atoms with Gasteiger partial charge in [-0.3, -0.25) is 0 Å². The van der Waals surface area contributed by atoms with Crippen molar-refractivity contribution in [3.8, 4) is 0 Å². The van der Waals surface area contributed by atoms with Crippen molar-refractivity contribution in [2.45, 2.75) is 38.3 Å². The van der Waals surface area contributed by atoms with E-state index in [0.717, 1.165) is 12.6 Å². The highest BCUT2D eigenvalue weighted by atomic mass is 16.5. The average molecular weight is 262 g/mol. The molecule has 0 saturated carbocycles. The number of nitrogens with one attached hydrogen (secondary N) is 1. The Balaban J connectivity index is 1.81. The van der Waals surface area contributed by atoms with Crippen molar-refractivity contribution in [3.05, 3.63) is 29.8 Å². The van der Waals surface area contributed by atoms with E-state index in [-0.39, 0.29) is 0 Å². The molecule has 0 bridgehead atoms. The number of rotatable bonds is 6. The Labute approximate surface area is 116 Å². The Morgan fingerprint density at radius 3 is 2.95 bits per heavy atom. The van der Waals surface area contributed by atoms with Gasteiger partial charge in [-0.2, -0.15) is 0 Å². The summed E-state index contributed by atoms with van der Waals surface area (Å²) in [6.45, 7) is 2.97. The topological polar surface area (TPSA) is 24.5 Å². The lowest BCUT2D eigenvalue weighted by atomic mass is 10.00. The molecule has 1 heterocycles. The van der Waals surface area contributed by atoms with Gasteiger partial charge in [0.25, 0.3) is 0 Å². The Morgan fingerprint density at radius 1 is 1.32 bits per heavy atom. The molecule has 1 aliphatic rings. The van der Waals surface area contributed by atoms with E-state index in [4.69, 9.17) is 4.74 Å². The van der Waals surface area contributed by atoms with Gasteiger partial charge in [0.2, 0.25) is 0 Å². The second-order valence-corrected chi connectivity index (χ2v) is 5.44. The minimum Gasteiger partial charge on any atom is -0.385 e. The van der Waals surface area contributed by atoms with Crippen LogP contribution in [-0.2, 0) is 11.3 Å². The number of nitrogens with zero attached hydrogens (tertiary/aromatic N) is 1. The molecular formula is C16H26N2O. The Hall–Kier alpha value is -1.06. The van der Waals surface area contributed by atoms with Crippen LogP contribution in [0.15, 0.2) is 24.3 Å². The number of hydrogen-bond donors (Lipinski definition) is 1. The third kappa shape index (κ3) is 4.22. The Kier molecular flexibility index (Phi) is 5.67. The number of piperidine rings is 1. The molecule has 106 valence electrons. The fourth-order valence-electron chi connectivity index (χ4n) is 2.86. The summed E-state index contributed by atoms with van der Waals surface area (Å²) in [4.78, 5) is 2.51. The van der Waals surface area contributed by atoms with Crippen LogP contribution in [0.3, 0.4) is 0 Å². The standard InChI is InChI=1S/C16H26N2O/c1-18-12-6-5-8-15(18)10-11-17-16-9-4-3-7-14(16)13-19-2/h3-4,7,9,15,17H,5-6,8,10-13H2,1-2H3. The molecule has 0 aromatic heterocycles. The summed E-state index contributed by atoms with van der Waals surface area (Å²) in [6.07, 6.45) is 5.31. The third-order valence-electron chi connectivity index (χ3n) is 4.03. The van der Waals surface area contributed by atoms with Crippen molar-refractivity contribution in [1.29, 1.82) is 0 Å². The smallest absolute Gasteiger partial charge is 0.0733 e. The SMILES string of the molecule is COCc1ccccc1NCCC1CCCCN1C. The van der Waals surface area contributed by atoms with Crippen molar-refractivity contribution in [3.63, 3.8) is 0 Å². The second-order valence-electron chi connectivity index (χ2n) is 5.44. The summed E-state index contributed by atoms with van der Waals surface area (Å²) < 4.78 is 5.23. The van der Waals surface area contributed by atoms with Gasteiger partial charge in [-0.25, -0.2) is 0 Å². The highest BCUT2D eigenvalue weighted by molar-refractivity contribution is 5.50. The molecule has 19 heavy (non-hydrogen) atoms. The highest BCUT2D eigenvalue weighted by Crippen LogP contribution is 2.19. The highest BCUT2D eigenvalue weighted by Gasteiger charge is 2.18. The fraction of sp³-hybridized carbons (Fsp3) is 0.625. The maximum Gasteiger partial charge on any atom is 0.0733 e. The first-order chi connectivity index (χ1) is 9.31. The summed E-state index contributed by atoms with van der Waals surface area (Å²) in [5, 5.41) is 3.56. The van der Waals surface area contributed by atoms with E-state index in [0.29, 0.717) is 6.61 Å². The van der Waals surface area contributed by atoms with Crippen LogP contribution in [0, 0.1) is 0 Å². The largest absolute Gasteiger partial charge is 0.385 e. The lowest BCUT2D eigenvalue weighted by molar-refractivity contribution is 0.179. The molecule has 1 aliphatic heterocycles. The molecule has 1 unspecified atom stereocenters. The van der Waals surface area contributed by atoms with Gasteiger partial charge in [0.15, 0.2) is 0 Å². The van der Waals surface area contributed by atoms with Crippen molar-refractivity contribution in [1.82, 2.24) is 4.90 Å². The molecule has 1 atom stereocenters. The first-order valence-corrected chi connectivity index (χ1v) is 7.32. The minimum absolute atomic E-state index is 0.673. The number of hydrogen-bond acceptors (Lipinski definition) is 3. The van der Waals surface area contributed by atoms with Crippen molar-refractivity contribution in [2.24, 2.45) is 0 Å². The third-order valence-corrected chi connectivity index (χ3v) is 4.03. The van der Waals surface area contributed by atoms with E-state index in [1.807, 2.05) is 0 Å². The molecule has 3 nitrogen and oxygen atoms in total. The number of anilines is 1. The molecule has 1 saturated heterocycles. The summed E-state index contributed by atoms with van der Waals surface area (Å²) >= 11 is 0. The molecule has 0 aliphatic carbocycles. The predicted molar refractivity (Wildman–Crippen MR) is 80.5 cm³/mol. The van der Waals surface area contributed by atoms with Gasteiger partial charge in [-0.15, -0.1) is 0 Å². The number of ether oxygens (including phenoxy) is 1. The summed E-state index contributed by atoms with van der Waals surface area (Å²) in [5.74, 6) is 0. The summed E-state index contributed by atoms with van der Waals surface area (Å²) in [7, 11) is 4.00. The van der Waals surface area contributed by atoms with Crippen molar-refractivity contribution in [2.75, 3.05) is 32.6 Å². The lowest BCUT2D eigenvalue weighted by Gasteiger charge is -2.32. The van der Waals surface area contributed by atoms with Gasteiger partial charge in [-0.1, -0.05) is 24.6 Å². The van der Waals surface area contributed by atoms with Crippen LogP contribution in [0.5, 0.6) is 0 Å². The van der Waals surface area contributed by atoms with Crippen LogP contribution in [0.1, 0.15) is 31.2 Å². The van der Waals surface area contributed by atoms with E-state index in [1.165, 1.54) is 43.5 Å². The van der Waals surface area contributed by atoms with Crippen LogP contribution in [0.25, 0.3) is 0 Å². The monoisotopic (exact) mass is 262 g/mol. The molecular weight excluding hydrogens is 236 g/mol. The fourth-order valence-corrected chi connectivity index (χ4v) is 2.86. The quantitative estimate of drug-likeness (QED) is 0.852. The summed E-state index contributed by atoms with van der Waals surface area (Å²) in [5.41, 5.74) is 2.45. The van der Waals surface area contributed by atoms with Crippen LogP contribution in [0.4, 0.5) is 5.69 Å². The first kappa shape index (κ1) is 14.4. The van der Waals surface area contributed by atoms with E-state index < -0.39 is 0 Å². The van der Waals surface area contributed by atoms with Gasteiger partial charge < -0.3 is 15.0 Å². The number of benzene rings is 1. The second kappa shape index (κ2) is 7.51. The molecule has 0 spiro atoms. The van der Waals surface area contributed by atoms with Crippen LogP contribution in [-0.4, -0.2) is 38.2 Å². The first-order valence-electron chi connectivity index (χ1n) is 7.32. The van der Waals surface area contributed by atoms with E-state index in [9.17, 15) is 0 Å². The lowest BCUT2D eigenvalue weighted by Crippen LogP contribution is -2.37. The van der Waals surface area contributed by atoms with Crippen molar-refractivity contribution >= 4 is 5.69 Å². The Bertz CT molecular complexity index is 381. The zero-order chi connectivity index (χ0) is 13.5. The maximum absolute atomic E-state index is 5.23. The molecule has 1 aromatic carbocycles. The zero-order valence-corrected chi connectivity index (χ0v) is 12.2. The van der Waals surface area contributed by atoms with Gasteiger partial charge in [0.1, 0.15) is 0 Å². The normalized spacial score (nSPS) is 20.4. The molecule has 3 heteroatoms. The average Bonchev–Trinajstić information content (AvgIpc) is 2.43. The van der Waals surface area contributed by atoms with Gasteiger partial charge in [-0.05, 0) is 38.9 Å². The van der Waals surface area contributed by atoms with Gasteiger partial charge in [0, 0.05) is 30.9 Å². The molecule has 0 radical (unpaired) electrons. The number of likely N-dealkylation sites (tertiary alicyclic amines) is 1. The van der Waals surface area contributed by atoms with Crippen LogP contribution < -0.4 is 5.32 Å². The van der Waals surface area contributed by atoms with E-state index >= 15 is 0 Å². The summed E-state index contributed by atoms with van der Waals surface area (Å²) in [6, 6.07) is 9.15.